The Balaban J connectivity index is 1.50. The highest BCUT2D eigenvalue weighted by Gasteiger charge is 2.06. The van der Waals surface area contributed by atoms with E-state index in [4.69, 9.17) is 14.3 Å². The monoisotopic (exact) mass is 395 g/mol. The first-order valence-corrected chi connectivity index (χ1v) is 9.73. The van der Waals surface area contributed by atoms with E-state index in [-0.39, 0.29) is 0 Å². The molecule has 0 atom stereocenters. The molecule has 2 aromatic carbocycles. The van der Waals surface area contributed by atoms with Gasteiger partial charge in [-0.3, -0.25) is 0 Å². The minimum atomic E-state index is 0.605. The van der Waals surface area contributed by atoms with Crippen LogP contribution in [-0.2, 0) is 16.0 Å². The number of nitrogens with one attached hydrogen (secondary N) is 2. The lowest BCUT2D eigenvalue weighted by Gasteiger charge is -2.20. The highest BCUT2D eigenvalue weighted by molar-refractivity contribution is 5.52. The van der Waals surface area contributed by atoms with Crippen molar-refractivity contribution >= 4 is 11.4 Å². The van der Waals surface area contributed by atoms with Gasteiger partial charge in [0.2, 0.25) is 0 Å². The lowest BCUT2D eigenvalue weighted by Crippen LogP contribution is -2.16. The molecule has 1 aliphatic heterocycles. The molecule has 0 saturated carbocycles. The fourth-order valence-electron chi connectivity index (χ4n) is 2.95. The molecular weight excluding hydrogens is 366 g/mol. The minimum Gasteiger partial charge on any atom is -0.483 e. The van der Waals surface area contributed by atoms with Crippen LogP contribution >= 0.6 is 0 Å². The SMILES string of the molecule is C=C(OC)N(C)c1ccc(CNc2cccc(ONC=C3CCOCC3)c2)cc1. The molecule has 29 heavy (non-hydrogen) atoms. The van der Waals surface area contributed by atoms with Gasteiger partial charge in [0.1, 0.15) is 0 Å². The Hall–Kier alpha value is -3.12. The van der Waals surface area contributed by atoms with E-state index in [0.29, 0.717) is 5.88 Å². The largest absolute Gasteiger partial charge is 0.483 e. The molecule has 1 aliphatic rings. The Kier molecular flexibility index (Phi) is 7.41. The van der Waals surface area contributed by atoms with Gasteiger partial charge in [-0.15, -0.1) is 0 Å². The van der Waals surface area contributed by atoms with Gasteiger partial charge in [0, 0.05) is 37.2 Å². The Morgan fingerprint density at radius 3 is 2.66 bits per heavy atom. The van der Waals surface area contributed by atoms with Crippen molar-refractivity contribution < 1.29 is 14.3 Å². The van der Waals surface area contributed by atoms with E-state index < -0.39 is 0 Å². The fraction of sp³-hybridized carbons (Fsp3) is 0.304. The lowest BCUT2D eigenvalue weighted by molar-refractivity contribution is 0.117. The topological polar surface area (TPSA) is 55.0 Å². The number of methoxy groups -OCH3 is 1. The standard InChI is InChI=1S/C23H29N3O3/c1-18(27-3)26(2)22-9-7-19(8-10-22)16-24-21-5-4-6-23(15-21)29-25-17-20-11-13-28-14-12-20/h4-10,15,17,24-25H,1,11-14,16H2,2-3H3. The van der Waals surface area contributed by atoms with Crippen molar-refractivity contribution in [3.8, 4) is 5.75 Å². The first-order chi connectivity index (χ1) is 14.2. The fourth-order valence-corrected chi connectivity index (χ4v) is 2.95. The van der Waals surface area contributed by atoms with Crippen LogP contribution in [0.25, 0.3) is 0 Å². The van der Waals surface area contributed by atoms with E-state index in [2.05, 4.69) is 41.6 Å². The predicted octanol–water partition coefficient (Wildman–Crippen LogP) is 4.43. The molecule has 0 aliphatic carbocycles. The van der Waals surface area contributed by atoms with E-state index in [9.17, 15) is 0 Å². The van der Waals surface area contributed by atoms with Crippen LogP contribution in [-0.4, -0.2) is 27.4 Å². The van der Waals surface area contributed by atoms with Crippen molar-refractivity contribution in [1.29, 1.82) is 0 Å². The summed E-state index contributed by atoms with van der Waals surface area (Å²) in [6.45, 7) is 6.15. The average molecular weight is 396 g/mol. The van der Waals surface area contributed by atoms with Gasteiger partial charge in [0.15, 0.2) is 11.6 Å². The number of hydrogen-bond donors (Lipinski definition) is 2. The molecule has 0 radical (unpaired) electrons. The van der Waals surface area contributed by atoms with Crippen LogP contribution in [0.2, 0.25) is 0 Å². The molecule has 1 heterocycles. The van der Waals surface area contributed by atoms with Gasteiger partial charge < -0.3 is 24.5 Å². The smallest absolute Gasteiger partial charge is 0.185 e. The van der Waals surface area contributed by atoms with Crippen LogP contribution in [0, 0.1) is 0 Å². The summed E-state index contributed by atoms with van der Waals surface area (Å²) in [5.74, 6) is 1.36. The van der Waals surface area contributed by atoms with Crippen molar-refractivity contribution in [2.75, 3.05) is 37.6 Å². The zero-order valence-corrected chi connectivity index (χ0v) is 17.1. The molecule has 154 valence electrons. The molecule has 3 rings (SSSR count). The molecule has 2 N–H and O–H groups in total. The van der Waals surface area contributed by atoms with Gasteiger partial charge in [0.25, 0.3) is 0 Å². The summed E-state index contributed by atoms with van der Waals surface area (Å²) >= 11 is 0. The highest BCUT2D eigenvalue weighted by Crippen LogP contribution is 2.20. The number of rotatable bonds is 9. The first kappa shape index (κ1) is 20.6. The summed E-state index contributed by atoms with van der Waals surface area (Å²) in [7, 11) is 3.54. The maximum Gasteiger partial charge on any atom is 0.185 e. The van der Waals surface area contributed by atoms with E-state index in [1.807, 2.05) is 42.4 Å². The summed E-state index contributed by atoms with van der Waals surface area (Å²) in [6.07, 6.45) is 3.83. The molecule has 0 bridgehead atoms. The molecule has 2 aromatic rings. The molecular formula is C23H29N3O3. The zero-order valence-electron chi connectivity index (χ0n) is 17.1. The average Bonchev–Trinajstić information content (AvgIpc) is 2.78. The quantitative estimate of drug-likeness (QED) is 0.484. The molecule has 0 amide bonds. The van der Waals surface area contributed by atoms with Crippen molar-refractivity contribution in [1.82, 2.24) is 5.48 Å². The molecule has 6 heteroatoms. The number of benzene rings is 2. The zero-order chi connectivity index (χ0) is 20.5. The summed E-state index contributed by atoms with van der Waals surface area (Å²) in [5, 5.41) is 3.43. The normalized spacial score (nSPS) is 13.4. The van der Waals surface area contributed by atoms with Crippen molar-refractivity contribution in [2.45, 2.75) is 19.4 Å². The van der Waals surface area contributed by atoms with Crippen molar-refractivity contribution in [2.24, 2.45) is 0 Å². The van der Waals surface area contributed by atoms with Crippen LogP contribution < -0.4 is 20.5 Å². The van der Waals surface area contributed by atoms with E-state index in [1.54, 1.807) is 7.11 Å². The minimum absolute atomic E-state index is 0.605. The molecule has 1 fully saturated rings. The Bertz CT molecular complexity index is 826. The Labute approximate surface area is 172 Å². The molecule has 0 aromatic heterocycles. The van der Waals surface area contributed by atoms with Crippen molar-refractivity contribution in [3.05, 3.63) is 78.3 Å². The van der Waals surface area contributed by atoms with Crippen LogP contribution in [0.1, 0.15) is 18.4 Å². The summed E-state index contributed by atoms with van der Waals surface area (Å²) in [5.41, 5.74) is 7.45. The molecule has 1 saturated heterocycles. The Morgan fingerprint density at radius 1 is 1.17 bits per heavy atom. The molecule has 6 nitrogen and oxygen atoms in total. The second kappa shape index (κ2) is 10.4. The van der Waals surface area contributed by atoms with Gasteiger partial charge in [-0.1, -0.05) is 18.2 Å². The third kappa shape index (κ3) is 6.19. The molecule has 0 spiro atoms. The van der Waals surface area contributed by atoms with Crippen LogP contribution in [0.4, 0.5) is 11.4 Å². The van der Waals surface area contributed by atoms with Crippen LogP contribution in [0.15, 0.2) is 72.8 Å². The van der Waals surface area contributed by atoms with Gasteiger partial charge in [-0.2, -0.15) is 0 Å². The van der Waals surface area contributed by atoms with Gasteiger partial charge in [-0.25, -0.2) is 5.48 Å². The van der Waals surface area contributed by atoms with E-state index >= 15 is 0 Å². The first-order valence-electron chi connectivity index (χ1n) is 9.73. The molecule has 0 unspecified atom stereocenters. The maximum atomic E-state index is 5.64. The number of ether oxygens (including phenoxy) is 2. The van der Waals surface area contributed by atoms with E-state index in [0.717, 1.165) is 49.7 Å². The second-order valence-electron chi connectivity index (χ2n) is 6.84. The second-order valence-corrected chi connectivity index (χ2v) is 6.84. The summed E-state index contributed by atoms with van der Waals surface area (Å²) < 4.78 is 10.5. The van der Waals surface area contributed by atoms with Gasteiger partial charge in [-0.05, 0) is 54.8 Å². The van der Waals surface area contributed by atoms with Gasteiger partial charge >= 0.3 is 0 Å². The Morgan fingerprint density at radius 2 is 1.93 bits per heavy atom. The number of nitrogens with zero attached hydrogens (tertiary/aromatic N) is 1. The third-order valence-electron chi connectivity index (χ3n) is 4.84. The predicted molar refractivity (Wildman–Crippen MR) is 117 cm³/mol. The van der Waals surface area contributed by atoms with Crippen LogP contribution in [0.5, 0.6) is 5.75 Å². The van der Waals surface area contributed by atoms with Crippen LogP contribution in [0.3, 0.4) is 0 Å². The van der Waals surface area contributed by atoms with Crippen molar-refractivity contribution in [3.63, 3.8) is 0 Å². The third-order valence-corrected chi connectivity index (χ3v) is 4.84. The highest BCUT2D eigenvalue weighted by atomic mass is 16.6. The summed E-state index contributed by atoms with van der Waals surface area (Å²) in [4.78, 5) is 7.55. The number of hydroxylamine groups is 1. The number of anilines is 2. The van der Waals surface area contributed by atoms with Gasteiger partial charge in [0.05, 0.1) is 20.3 Å². The lowest BCUT2D eigenvalue weighted by atomic mass is 10.1. The maximum absolute atomic E-state index is 5.64. The summed E-state index contributed by atoms with van der Waals surface area (Å²) in [6, 6.07) is 16.2. The van der Waals surface area contributed by atoms with E-state index in [1.165, 1.54) is 11.1 Å². The number of hydrogen-bond acceptors (Lipinski definition) is 6.